The Morgan fingerprint density at radius 2 is 1.35 bits per heavy atom. The van der Waals surface area contributed by atoms with Gasteiger partial charge in [0.15, 0.2) is 5.82 Å². The Balaban J connectivity index is 1.48. The molecule has 1 aliphatic rings. The second kappa shape index (κ2) is 11.8. The van der Waals surface area contributed by atoms with Crippen LogP contribution in [0.3, 0.4) is 0 Å². The number of hydrogen-bond acceptors (Lipinski definition) is 2. The minimum atomic E-state index is 0.777. The van der Waals surface area contributed by atoms with Crippen LogP contribution in [0.4, 0.5) is 0 Å². The molecule has 0 N–H and O–H groups in total. The van der Waals surface area contributed by atoms with Gasteiger partial charge in [0.2, 0.25) is 0 Å². The maximum atomic E-state index is 5.67. The number of nitrogens with zero attached hydrogens (tertiary/aromatic N) is 3. The van der Waals surface area contributed by atoms with Crippen LogP contribution < -0.4 is 0 Å². The molecule has 8 aromatic rings. The first-order valence-electron chi connectivity index (χ1n) is 17.8. The number of aromatic nitrogens is 3. The van der Waals surface area contributed by atoms with Crippen molar-refractivity contribution in [3.8, 4) is 28.2 Å². The number of fused-ring (bicyclic) bond motifs is 7. The first-order chi connectivity index (χ1) is 24.9. The van der Waals surface area contributed by atoms with E-state index in [1.54, 1.807) is 0 Å². The zero-order chi connectivity index (χ0) is 35.0. The fourth-order valence-electron chi connectivity index (χ4n) is 8.38. The number of allylic oxidation sites excluding steroid dienone is 5. The Kier molecular flexibility index (Phi) is 7.15. The highest BCUT2D eigenvalue weighted by Gasteiger charge is 2.29. The van der Waals surface area contributed by atoms with E-state index in [1.807, 2.05) is 12.2 Å². The van der Waals surface area contributed by atoms with Gasteiger partial charge in [-0.25, -0.2) is 9.97 Å². The molecule has 2 aromatic heterocycles. The number of para-hydroxylation sites is 1. The van der Waals surface area contributed by atoms with E-state index in [1.165, 1.54) is 76.8 Å². The molecule has 0 aliphatic heterocycles. The van der Waals surface area contributed by atoms with Gasteiger partial charge in [-0.2, -0.15) is 0 Å². The first-order valence-corrected chi connectivity index (χ1v) is 17.8. The molecule has 1 aliphatic carbocycles. The van der Waals surface area contributed by atoms with Gasteiger partial charge >= 0.3 is 0 Å². The SMILES string of the molecule is C=C/C=C\C1=C(C)Cc2nc(-c3cccc(C)c3C)c(-n3c4ccccc4c4c5ccccc5c(-c5cc6ccccc6cc5C)c(C)c43)nc21. The minimum absolute atomic E-state index is 0.777. The van der Waals surface area contributed by atoms with Crippen LogP contribution >= 0.6 is 0 Å². The summed E-state index contributed by atoms with van der Waals surface area (Å²) in [5.41, 5.74) is 16.1. The molecule has 0 amide bonds. The van der Waals surface area contributed by atoms with Crippen molar-refractivity contribution in [3.05, 3.63) is 167 Å². The topological polar surface area (TPSA) is 30.7 Å². The molecule has 0 saturated heterocycles. The van der Waals surface area contributed by atoms with Crippen LogP contribution in [-0.2, 0) is 6.42 Å². The van der Waals surface area contributed by atoms with Crippen molar-refractivity contribution in [3.63, 3.8) is 0 Å². The van der Waals surface area contributed by atoms with Crippen molar-refractivity contribution in [2.75, 3.05) is 0 Å². The summed E-state index contributed by atoms with van der Waals surface area (Å²) in [7, 11) is 0. The summed E-state index contributed by atoms with van der Waals surface area (Å²) in [4.78, 5) is 11.2. The average molecular weight is 658 g/mol. The van der Waals surface area contributed by atoms with Crippen molar-refractivity contribution in [1.82, 2.24) is 14.5 Å². The van der Waals surface area contributed by atoms with Gasteiger partial charge in [-0.05, 0) is 102 Å². The second-order valence-electron chi connectivity index (χ2n) is 14.0. The van der Waals surface area contributed by atoms with Crippen molar-refractivity contribution < 1.29 is 0 Å². The van der Waals surface area contributed by atoms with E-state index in [0.717, 1.165) is 46.0 Å². The molecule has 3 nitrogen and oxygen atoms in total. The predicted octanol–water partition coefficient (Wildman–Crippen LogP) is 12.5. The van der Waals surface area contributed by atoms with Gasteiger partial charge in [0, 0.05) is 28.3 Å². The van der Waals surface area contributed by atoms with Gasteiger partial charge in [-0.3, -0.25) is 4.57 Å². The molecular formula is C48H39N3. The number of hydrogen-bond donors (Lipinski definition) is 0. The Bertz CT molecular complexity index is 2840. The zero-order valence-corrected chi connectivity index (χ0v) is 29.8. The molecule has 0 unspecified atom stereocenters. The molecule has 0 fully saturated rings. The molecule has 9 rings (SSSR count). The largest absolute Gasteiger partial charge is 0.292 e. The third-order valence-corrected chi connectivity index (χ3v) is 11.0. The minimum Gasteiger partial charge on any atom is -0.292 e. The molecule has 0 radical (unpaired) electrons. The third-order valence-electron chi connectivity index (χ3n) is 11.0. The third kappa shape index (κ3) is 4.65. The summed E-state index contributed by atoms with van der Waals surface area (Å²) < 4.78 is 2.42. The van der Waals surface area contributed by atoms with E-state index in [2.05, 4.69) is 155 Å². The maximum Gasteiger partial charge on any atom is 0.165 e. The van der Waals surface area contributed by atoms with Crippen LogP contribution in [0, 0.1) is 27.7 Å². The lowest BCUT2D eigenvalue weighted by atomic mass is 9.87. The van der Waals surface area contributed by atoms with Crippen LogP contribution in [0.1, 0.15) is 40.6 Å². The van der Waals surface area contributed by atoms with Crippen LogP contribution in [0.15, 0.2) is 134 Å². The lowest BCUT2D eigenvalue weighted by molar-refractivity contribution is 0.986. The van der Waals surface area contributed by atoms with Gasteiger partial charge in [-0.1, -0.05) is 121 Å². The van der Waals surface area contributed by atoms with Crippen LogP contribution in [0.5, 0.6) is 0 Å². The first kappa shape index (κ1) is 31.0. The van der Waals surface area contributed by atoms with Crippen molar-refractivity contribution in [1.29, 1.82) is 0 Å². The highest BCUT2D eigenvalue weighted by molar-refractivity contribution is 6.26. The highest BCUT2D eigenvalue weighted by atomic mass is 15.1. The molecule has 6 aromatic carbocycles. The molecule has 246 valence electrons. The Morgan fingerprint density at radius 3 is 2.14 bits per heavy atom. The van der Waals surface area contributed by atoms with Crippen LogP contribution in [0.2, 0.25) is 0 Å². The lowest BCUT2D eigenvalue weighted by Gasteiger charge is -2.20. The van der Waals surface area contributed by atoms with Crippen molar-refractivity contribution in [2.24, 2.45) is 0 Å². The molecule has 2 heterocycles. The molecule has 0 bridgehead atoms. The number of benzene rings is 6. The fourth-order valence-corrected chi connectivity index (χ4v) is 8.38. The van der Waals surface area contributed by atoms with E-state index in [0.29, 0.717) is 0 Å². The molecule has 0 saturated carbocycles. The summed E-state index contributed by atoms with van der Waals surface area (Å²) in [5.74, 6) is 0.854. The molecule has 3 heteroatoms. The summed E-state index contributed by atoms with van der Waals surface area (Å²) in [6, 6.07) is 37.6. The van der Waals surface area contributed by atoms with E-state index in [9.17, 15) is 0 Å². The summed E-state index contributed by atoms with van der Waals surface area (Å²) in [6.07, 6.45) is 6.74. The standard InChI is InChI=1S/C48H39N3/c1-7-8-19-35-30(4)26-41-45(35)50-48(46(49-41)36-23-15-16-28(2)31(36)5)51-42-24-14-13-22-39(42)44-38-21-12-11-20-37(38)43(32(6)47(44)51)40-27-34-18-10-9-17-33(34)25-29(40)3/h7-25,27H,1,26H2,2-6H3/b19-8-. The average Bonchev–Trinajstić information content (AvgIpc) is 3.65. The van der Waals surface area contributed by atoms with E-state index in [4.69, 9.17) is 9.97 Å². The van der Waals surface area contributed by atoms with Crippen LogP contribution in [-0.4, -0.2) is 14.5 Å². The second-order valence-corrected chi connectivity index (χ2v) is 14.0. The Labute approximate surface area is 298 Å². The quantitative estimate of drug-likeness (QED) is 0.172. The normalized spacial score (nSPS) is 13.0. The summed E-state index contributed by atoms with van der Waals surface area (Å²) in [6.45, 7) is 15.1. The number of rotatable bonds is 5. The summed E-state index contributed by atoms with van der Waals surface area (Å²) in [5, 5.41) is 7.45. The highest BCUT2D eigenvalue weighted by Crippen LogP contribution is 2.47. The molecule has 0 spiro atoms. The van der Waals surface area contributed by atoms with E-state index >= 15 is 0 Å². The van der Waals surface area contributed by atoms with E-state index in [-0.39, 0.29) is 0 Å². The van der Waals surface area contributed by atoms with Crippen molar-refractivity contribution in [2.45, 2.75) is 41.0 Å². The Morgan fingerprint density at radius 1 is 0.647 bits per heavy atom. The van der Waals surface area contributed by atoms with Crippen molar-refractivity contribution >= 4 is 48.9 Å². The van der Waals surface area contributed by atoms with Gasteiger partial charge in [0.1, 0.15) is 5.69 Å². The maximum absolute atomic E-state index is 5.67. The van der Waals surface area contributed by atoms with Gasteiger partial charge in [0.25, 0.3) is 0 Å². The molecule has 51 heavy (non-hydrogen) atoms. The predicted molar refractivity (Wildman–Crippen MR) is 217 cm³/mol. The molecule has 0 atom stereocenters. The lowest BCUT2D eigenvalue weighted by Crippen LogP contribution is -2.09. The van der Waals surface area contributed by atoms with Gasteiger partial charge in [-0.15, -0.1) is 0 Å². The number of aryl methyl sites for hydroxylation is 3. The summed E-state index contributed by atoms with van der Waals surface area (Å²) >= 11 is 0. The molecular weight excluding hydrogens is 619 g/mol. The smallest absolute Gasteiger partial charge is 0.165 e. The monoisotopic (exact) mass is 657 g/mol. The van der Waals surface area contributed by atoms with Gasteiger partial charge < -0.3 is 0 Å². The van der Waals surface area contributed by atoms with Crippen LogP contribution in [0.25, 0.3) is 77.1 Å². The fraction of sp³-hybridized carbons (Fsp3) is 0.125. The van der Waals surface area contributed by atoms with Gasteiger partial charge in [0.05, 0.1) is 22.4 Å². The Hall–Kier alpha value is -6.06. The zero-order valence-electron chi connectivity index (χ0n) is 29.8. The van der Waals surface area contributed by atoms with E-state index < -0.39 is 0 Å².